The SMILES string of the molecule is O=C(NCCNC(=O)C1CCN(c2ccc(C(F)(F)F)cc2[N+](=O)[O-])CC1)C1CCCCC1. The number of hydrogen-bond acceptors (Lipinski definition) is 5. The third-order valence-corrected chi connectivity index (χ3v) is 6.41. The average molecular weight is 470 g/mol. The molecule has 2 fully saturated rings. The number of rotatable bonds is 7. The molecule has 1 heterocycles. The molecule has 0 aromatic heterocycles. The molecule has 1 aromatic rings. The molecule has 11 heteroatoms. The van der Waals surface area contributed by atoms with Gasteiger partial charge in [0, 0.05) is 44.1 Å². The minimum Gasteiger partial charge on any atom is -0.366 e. The number of benzene rings is 1. The molecule has 2 amide bonds. The number of halogens is 3. The summed E-state index contributed by atoms with van der Waals surface area (Å²) >= 11 is 0. The fraction of sp³-hybridized carbons (Fsp3) is 0.636. The minimum atomic E-state index is -4.66. The first-order chi connectivity index (χ1) is 15.7. The molecule has 0 unspecified atom stereocenters. The number of anilines is 1. The first kappa shape index (κ1) is 24.8. The van der Waals surface area contributed by atoms with Crippen LogP contribution < -0.4 is 15.5 Å². The fourth-order valence-electron chi connectivity index (χ4n) is 4.52. The van der Waals surface area contributed by atoms with E-state index in [4.69, 9.17) is 0 Å². The van der Waals surface area contributed by atoms with Crippen molar-refractivity contribution in [3.63, 3.8) is 0 Å². The zero-order valence-corrected chi connectivity index (χ0v) is 18.3. The minimum absolute atomic E-state index is 0.0374. The van der Waals surface area contributed by atoms with Crippen LogP contribution in [-0.2, 0) is 15.8 Å². The van der Waals surface area contributed by atoms with E-state index in [0.717, 1.165) is 37.8 Å². The van der Waals surface area contributed by atoms with Crippen LogP contribution in [0.15, 0.2) is 18.2 Å². The van der Waals surface area contributed by atoms with Crippen LogP contribution in [0.5, 0.6) is 0 Å². The van der Waals surface area contributed by atoms with Crippen LogP contribution in [-0.4, -0.2) is 42.9 Å². The van der Waals surface area contributed by atoms with Crippen molar-refractivity contribution >= 4 is 23.2 Å². The maximum Gasteiger partial charge on any atom is 0.416 e. The van der Waals surface area contributed by atoms with Gasteiger partial charge in [0.05, 0.1) is 10.5 Å². The number of carbonyl (C=O) groups excluding carboxylic acids is 2. The molecule has 0 atom stereocenters. The largest absolute Gasteiger partial charge is 0.416 e. The summed E-state index contributed by atoms with van der Waals surface area (Å²) in [6.07, 6.45) is 1.33. The molecule has 1 aliphatic carbocycles. The Bertz CT molecular complexity index is 864. The molecule has 1 aliphatic heterocycles. The molecule has 0 spiro atoms. The zero-order valence-electron chi connectivity index (χ0n) is 18.3. The maximum atomic E-state index is 12.9. The van der Waals surface area contributed by atoms with Gasteiger partial charge in [0.2, 0.25) is 11.8 Å². The van der Waals surface area contributed by atoms with E-state index in [0.29, 0.717) is 45.1 Å². The van der Waals surface area contributed by atoms with Gasteiger partial charge in [-0.15, -0.1) is 0 Å². The first-order valence-electron chi connectivity index (χ1n) is 11.3. The Kier molecular flexibility index (Phi) is 8.15. The first-order valence-corrected chi connectivity index (χ1v) is 11.3. The van der Waals surface area contributed by atoms with E-state index in [1.807, 2.05) is 0 Å². The van der Waals surface area contributed by atoms with E-state index in [9.17, 15) is 32.9 Å². The third-order valence-electron chi connectivity index (χ3n) is 6.41. The lowest BCUT2D eigenvalue weighted by atomic mass is 9.89. The Morgan fingerprint density at radius 1 is 0.970 bits per heavy atom. The predicted molar refractivity (Wildman–Crippen MR) is 116 cm³/mol. The summed E-state index contributed by atoms with van der Waals surface area (Å²) in [5, 5.41) is 17.0. The molecule has 0 bridgehead atoms. The second-order valence-electron chi connectivity index (χ2n) is 8.64. The van der Waals surface area contributed by atoms with E-state index in [-0.39, 0.29) is 29.3 Å². The number of amides is 2. The quantitative estimate of drug-likeness (QED) is 0.360. The molecule has 1 saturated heterocycles. The number of nitro groups is 1. The highest BCUT2D eigenvalue weighted by Gasteiger charge is 2.35. The molecule has 1 saturated carbocycles. The number of carbonyl (C=O) groups is 2. The standard InChI is InChI=1S/C22H29F3N4O4/c23-22(24,25)17-6-7-18(19(14-17)29(32)33)28-12-8-16(9-13-28)21(31)27-11-10-26-20(30)15-4-2-1-3-5-15/h6-7,14-16H,1-5,8-13H2,(H,26,30)(H,27,31). The summed E-state index contributed by atoms with van der Waals surface area (Å²) in [5.41, 5.74) is -1.54. The number of nitrogens with one attached hydrogen (secondary N) is 2. The van der Waals surface area contributed by atoms with E-state index in [2.05, 4.69) is 10.6 Å². The Balaban J connectivity index is 1.46. The van der Waals surface area contributed by atoms with Gasteiger partial charge in [-0.1, -0.05) is 19.3 Å². The topological polar surface area (TPSA) is 105 Å². The van der Waals surface area contributed by atoms with Crippen molar-refractivity contribution in [2.45, 2.75) is 51.1 Å². The number of hydrogen-bond donors (Lipinski definition) is 2. The molecule has 182 valence electrons. The molecular weight excluding hydrogens is 441 g/mol. The van der Waals surface area contributed by atoms with Gasteiger partial charge in [-0.05, 0) is 37.8 Å². The van der Waals surface area contributed by atoms with Crippen LogP contribution in [0.2, 0.25) is 0 Å². The van der Waals surface area contributed by atoms with Crippen LogP contribution in [0, 0.1) is 22.0 Å². The predicted octanol–water partition coefficient (Wildman–Crippen LogP) is 3.64. The van der Waals surface area contributed by atoms with Gasteiger partial charge < -0.3 is 15.5 Å². The van der Waals surface area contributed by atoms with Crippen LogP contribution in [0.3, 0.4) is 0 Å². The average Bonchev–Trinajstić information content (AvgIpc) is 2.81. The van der Waals surface area contributed by atoms with Gasteiger partial charge in [-0.25, -0.2) is 0 Å². The third kappa shape index (κ3) is 6.58. The fourth-order valence-corrected chi connectivity index (χ4v) is 4.52. The highest BCUT2D eigenvalue weighted by molar-refractivity contribution is 5.80. The van der Waals surface area contributed by atoms with E-state index in [1.165, 1.54) is 6.42 Å². The Hall–Kier alpha value is -2.85. The molecule has 33 heavy (non-hydrogen) atoms. The molecule has 2 aliphatic rings. The summed E-state index contributed by atoms with van der Waals surface area (Å²) in [7, 11) is 0. The van der Waals surface area contributed by atoms with Gasteiger partial charge in [-0.3, -0.25) is 19.7 Å². The van der Waals surface area contributed by atoms with Gasteiger partial charge in [0.1, 0.15) is 5.69 Å². The second kappa shape index (κ2) is 10.8. The maximum absolute atomic E-state index is 12.9. The highest BCUT2D eigenvalue weighted by atomic mass is 19.4. The Labute approximate surface area is 190 Å². The summed E-state index contributed by atoms with van der Waals surface area (Å²) < 4.78 is 38.7. The normalized spacial score (nSPS) is 18.1. The monoisotopic (exact) mass is 470 g/mol. The number of nitro benzene ring substituents is 1. The summed E-state index contributed by atoms with van der Waals surface area (Å²) in [6.45, 7) is 1.32. The highest BCUT2D eigenvalue weighted by Crippen LogP contribution is 2.37. The summed E-state index contributed by atoms with van der Waals surface area (Å²) in [4.78, 5) is 36.7. The number of piperidine rings is 1. The van der Waals surface area contributed by atoms with Crippen molar-refractivity contribution in [1.82, 2.24) is 10.6 Å². The lowest BCUT2D eigenvalue weighted by molar-refractivity contribution is -0.384. The summed E-state index contributed by atoms with van der Waals surface area (Å²) in [5.74, 6) is -0.337. The number of alkyl halides is 3. The molecular formula is C22H29F3N4O4. The molecule has 3 rings (SSSR count). The summed E-state index contributed by atoms with van der Waals surface area (Å²) in [6, 6.07) is 2.51. The van der Waals surface area contributed by atoms with Crippen LogP contribution >= 0.6 is 0 Å². The lowest BCUT2D eigenvalue weighted by Gasteiger charge is -2.32. The van der Waals surface area contributed by atoms with Crippen molar-refractivity contribution in [2.24, 2.45) is 11.8 Å². The van der Waals surface area contributed by atoms with Gasteiger partial charge >= 0.3 is 6.18 Å². The van der Waals surface area contributed by atoms with Crippen molar-refractivity contribution in [3.05, 3.63) is 33.9 Å². The van der Waals surface area contributed by atoms with Gasteiger partial charge in [0.15, 0.2) is 0 Å². The smallest absolute Gasteiger partial charge is 0.366 e. The van der Waals surface area contributed by atoms with Crippen LogP contribution in [0.25, 0.3) is 0 Å². The van der Waals surface area contributed by atoms with Gasteiger partial charge in [0.25, 0.3) is 5.69 Å². The van der Waals surface area contributed by atoms with Gasteiger partial charge in [-0.2, -0.15) is 13.2 Å². The van der Waals surface area contributed by atoms with Crippen LogP contribution in [0.4, 0.5) is 24.5 Å². The molecule has 2 N–H and O–H groups in total. The van der Waals surface area contributed by atoms with E-state index in [1.54, 1.807) is 4.90 Å². The molecule has 8 nitrogen and oxygen atoms in total. The second-order valence-corrected chi connectivity index (χ2v) is 8.64. The zero-order chi connectivity index (χ0) is 24.0. The van der Waals surface area contributed by atoms with Crippen molar-refractivity contribution in [1.29, 1.82) is 0 Å². The van der Waals surface area contributed by atoms with Crippen molar-refractivity contribution < 1.29 is 27.7 Å². The Morgan fingerprint density at radius 2 is 1.52 bits per heavy atom. The van der Waals surface area contributed by atoms with Crippen molar-refractivity contribution in [2.75, 3.05) is 31.1 Å². The molecule has 1 aromatic carbocycles. The Morgan fingerprint density at radius 3 is 2.03 bits per heavy atom. The lowest BCUT2D eigenvalue weighted by Crippen LogP contribution is -2.43. The van der Waals surface area contributed by atoms with E-state index < -0.39 is 22.4 Å². The van der Waals surface area contributed by atoms with E-state index >= 15 is 0 Å². The number of nitrogens with zero attached hydrogens (tertiary/aromatic N) is 2. The van der Waals surface area contributed by atoms with Crippen LogP contribution in [0.1, 0.15) is 50.5 Å². The van der Waals surface area contributed by atoms with Crippen molar-refractivity contribution in [3.8, 4) is 0 Å². The molecule has 0 radical (unpaired) electrons.